The summed E-state index contributed by atoms with van der Waals surface area (Å²) in [5.74, 6) is 0. The highest BCUT2D eigenvalue weighted by Gasteiger charge is 2.20. The molecule has 0 aliphatic carbocycles. The number of nitrogens with two attached hydrogens (primary N) is 1. The van der Waals surface area contributed by atoms with Crippen molar-refractivity contribution in [1.29, 1.82) is 0 Å². The molecule has 0 aromatic carbocycles. The van der Waals surface area contributed by atoms with E-state index >= 15 is 0 Å². The zero-order chi connectivity index (χ0) is 6.78. The average molecular weight is 133 g/mol. The van der Waals surface area contributed by atoms with Crippen LogP contribution in [0.2, 0.25) is 0 Å². The van der Waals surface area contributed by atoms with E-state index in [1.165, 1.54) is 0 Å². The van der Waals surface area contributed by atoms with Gasteiger partial charge in [-0.15, -0.1) is 0 Å². The number of thiol groups is 1. The van der Waals surface area contributed by atoms with Crippen molar-refractivity contribution in [3.05, 3.63) is 0 Å². The molecular formula is C5H11NOS. The van der Waals surface area contributed by atoms with E-state index < -0.39 is 6.04 Å². The molecule has 48 valence electrons. The molecule has 1 atom stereocenters. The fourth-order valence-corrected chi connectivity index (χ4v) is 0.227. The molecule has 0 rings (SSSR count). The summed E-state index contributed by atoms with van der Waals surface area (Å²) in [6.07, 6.45) is 0.701. The lowest BCUT2D eigenvalue weighted by atomic mass is 10.1. The first-order chi connectivity index (χ1) is 3.48. The molecule has 0 unspecified atom stereocenters. The first-order valence-corrected chi connectivity index (χ1v) is 2.86. The number of rotatable bonds is 2. The average Bonchev–Trinajstić information content (AvgIpc) is 1.62. The first-order valence-electron chi connectivity index (χ1n) is 2.41. The molecule has 0 amide bonds. The summed E-state index contributed by atoms with van der Waals surface area (Å²) in [4.78, 5) is 9.98. The van der Waals surface area contributed by atoms with Crippen molar-refractivity contribution >= 4 is 18.9 Å². The van der Waals surface area contributed by atoms with Crippen molar-refractivity contribution in [3.63, 3.8) is 0 Å². The van der Waals surface area contributed by atoms with Crippen molar-refractivity contribution < 1.29 is 4.79 Å². The Hall–Kier alpha value is -0.0200. The third kappa shape index (κ3) is 2.33. The van der Waals surface area contributed by atoms with Crippen LogP contribution in [0.25, 0.3) is 0 Å². The van der Waals surface area contributed by atoms with Gasteiger partial charge in [-0.2, -0.15) is 12.6 Å². The molecule has 0 bridgehead atoms. The maximum atomic E-state index is 9.98. The van der Waals surface area contributed by atoms with E-state index in [0.29, 0.717) is 6.29 Å². The second-order valence-electron chi connectivity index (χ2n) is 2.32. The molecule has 2 nitrogen and oxygen atoms in total. The zero-order valence-electron chi connectivity index (χ0n) is 5.09. The van der Waals surface area contributed by atoms with Crippen LogP contribution in [-0.4, -0.2) is 17.1 Å². The number of hydrogen-bond donors (Lipinski definition) is 2. The van der Waals surface area contributed by atoms with Crippen molar-refractivity contribution in [1.82, 2.24) is 0 Å². The fraction of sp³-hybridized carbons (Fsp3) is 0.800. The molecule has 2 N–H and O–H groups in total. The van der Waals surface area contributed by atoms with Crippen molar-refractivity contribution in [2.45, 2.75) is 24.6 Å². The lowest BCUT2D eigenvalue weighted by molar-refractivity contribution is -0.109. The van der Waals surface area contributed by atoms with E-state index in [0.717, 1.165) is 0 Å². The molecule has 0 aromatic rings. The summed E-state index contributed by atoms with van der Waals surface area (Å²) in [5, 5.41) is 0. The summed E-state index contributed by atoms with van der Waals surface area (Å²) in [6, 6.07) is -0.467. The Balaban J connectivity index is 3.80. The normalized spacial score (nSPS) is 15.5. The second kappa shape index (κ2) is 2.51. The van der Waals surface area contributed by atoms with Gasteiger partial charge in [0.2, 0.25) is 0 Å². The van der Waals surface area contributed by atoms with Gasteiger partial charge in [-0.05, 0) is 13.8 Å². The molecule has 0 saturated heterocycles. The van der Waals surface area contributed by atoms with Gasteiger partial charge in [0.05, 0.1) is 6.04 Å². The molecule has 0 spiro atoms. The second-order valence-corrected chi connectivity index (χ2v) is 3.47. The van der Waals surface area contributed by atoms with Crippen molar-refractivity contribution in [3.8, 4) is 0 Å². The third-order valence-corrected chi connectivity index (χ3v) is 1.26. The number of aldehydes is 1. The van der Waals surface area contributed by atoms with Gasteiger partial charge < -0.3 is 10.5 Å². The van der Waals surface area contributed by atoms with Gasteiger partial charge in [-0.25, -0.2) is 0 Å². The summed E-state index contributed by atoms with van der Waals surface area (Å²) in [6.45, 7) is 3.60. The van der Waals surface area contributed by atoms with E-state index in [1.54, 1.807) is 13.8 Å². The lowest BCUT2D eigenvalue weighted by Crippen LogP contribution is -2.39. The highest BCUT2D eigenvalue weighted by molar-refractivity contribution is 7.81. The summed E-state index contributed by atoms with van der Waals surface area (Å²) in [7, 11) is 0. The molecular weight excluding hydrogens is 122 g/mol. The zero-order valence-corrected chi connectivity index (χ0v) is 5.98. The molecule has 8 heavy (non-hydrogen) atoms. The van der Waals surface area contributed by atoms with Crippen LogP contribution >= 0.6 is 12.6 Å². The first kappa shape index (κ1) is 7.98. The Morgan fingerprint density at radius 3 is 2.12 bits per heavy atom. The summed E-state index contributed by atoms with van der Waals surface area (Å²) in [5.41, 5.74) is 5.31. The Bertz CT molecular complexity index is 86.9. The highest BCUT2D eigenvalue weighted by atomic mass is 32.1. The molecule has 0 saturated carbocycles. The smallest absolute Gasteiger partial charge is 0.138 e. The van der Waals surface area contributed by atoms with Gasteiger partial charge in [-0.1, -0.05) is 0 Å². The minimum Gasteiger partial charge on any atom is -0.321 e. The molecule has 0 radical (unpaired) electrons. The molecule has 0 heterocycles. The standard InChI is InChI=1S/C5H11NOS/c1-5(2,8)4(6)3-7/h3-4,8H,6H2,1-2H3/t4-/m0/s1. The van der Waals surface area contributed by atoms with Crippen LogP contribution in [-0.2, 0) is 4.79 Å². The maximum Gasteiger partial charge on any atom is 0.138 e. The summed E-state index contributed by atoms with van der Waals surface area (Å²) >= 11 is 4.07. The van der Waals surface area contributed by atoms with Gasteiger partial charge in [0.25, 0.3) is 0 Å². The minimum absolute atomic E-state index is 0.387. The van der Waals surface area contributed by atoms with Crippen LogP contribution < -0.4 is 5.73 Å². The SMILES string of the molecule is CC(C)(S)[C@@H](N)C=O. The van der Waals surface area contributed by atoms with E-state index in [1.807, 2.05) is 0 Å². The van der Waals surface area contributed by atoms with E-state index in [9.17, 15) is 4.79 Å². The Labute approximate surface area is 54.9 Å². The molecule has 0 aliphatic heterocycles. The molecule has 0 aromatic heterocycles. The maximum absolute atomic E-state index is 9.98. The van der Waals surface area contributed by atoms with E-state index in [2.05, 4.69) is 12.6 Å². The Kier molecular flexibility index (Phi) is 2.50. The van der Waals surface area contributed by atoms with Crippen LogP contribution in [0.5, 0.6) is 0 Å². The fourth-order valence-electron chi connectivity index (χ4n) is 0.167. The van der Waals surface area contributed by atoms with Crippen molar-refractivity contribution in [2.24, 2.45) is 5.73 Å². The summed E-state index contributed by atoms with van der Waals surface area (Å²) < 4.78 is -0.387. The molecule has 0 aliphatic rings. The van der Waals surface area contributed by atoms with Crippen molar-refractivity contribution in [2.75, 3.05) is 0 Å². The third-order valence-electron chi connectivity index (χ3n) is 0.962. The molecule has 3 heteroatoms. The molecule has 0 fully saturated rings. The van der Waals surface area contributed by atoms with Gasteiger partial charge in [0.15, 0.2) is 0 Å². The largest absolute Gasteiger partial charge is 0.321 e. The Morgan fingerprint density at radius 1 is 1.75 bits per heavy atom. The quantitative estimate of drug-likeness (QED) is 0.418. The predicted molar refractivity (Wildman–Crippen MR) is 37.1 cm³/mol. The number of carbonyl (C=O) groups excluding carboxylic acids is 1. The van der Waals surface area contributed by atoms with Gasteiger partial charge in [0.1, 0.15) is 6.29 Å². The monoisotopic (exact) mass is 133 g/mol. The minimum atomic E-state index is -0.467. The van der Waals surface area contributed by atoms with Gasteiger partial charge >= 0.3 is 0 Å². The Morgan fingerprint density at radius 2 is 2.12 bits per heavy atom. The van der Waals surface area contributed by atoms with E-state index in [4.69, 9.17) is 5.73 Å². The van der Waals surface area contributed by atoms with Gasteiger partial charge in [-0.3, -0.25) is 0 Å². The van der Waals surface area contributed by atoms with Crippen LogP contribution in [0.15, 0.2) is 0 Å². The lowest BCUT2D eigenvalue weighted by Gasteiger charge is -2.19. The topological polar surface area (TPSA) is 43.1 Å². The van der Waals surface area contributed by atoms with Crippen LogP contribution in [0.1, 0.15) is 13.8 Å². The predicted octanol–water partition coefficient (Wildman–Crippen LogP) is 0.221. The van der Waals surface area contributed by atoms with Crippen LogP contribution in [0, 0.1) is 0 Å². The van der Waals surface area contributed by atoms with Crippen LogP contribution in [0.4, 0.5) is 0 Å². The van der Waals surface area contributed by atoms with Crippen LogP contribution in [0.3, 0.4) is 0 Å². The number of hydrogen-bond acceptors (Lipinski definition) is 3. The van der Waals surface area contributed by atoms with E-state index in [-0.39, 0.29) is 4.75 Å². The highest BCUT2D eigenvalue weighted by Crippen LogP contribution is 2.13. The van der Waals surface area contributed by atoms with Gasteiger partial charge in [0, 0.05) is 4.75 Å². The number of carbonyl (C=O) groups is 1.